The number of hydrogen-bond acceptors (Lipinski definition) is 2. The van der Waals surface area contributed by atoms with Gasteiger partial charge in [0.2, 0.25) is 0 Å². The Hall–Kier alpha value is -0.300. The first kappa shape index (κ1) is 9.26. The summed E-state index contributed by atoms with van der Waals surface area (Å²) in [5.41, 5.74) is 1.44. The lowest BCUT2D eigenvalue weighted by atomic mass is 10.1. The van der Waals surface area contributed by atoms with E-state index in [0.29, 0.717) is 0 Å². The molecule has 0 N–H and O–H groups in total. The second-order valence-corrected chi connectivity index (χ2v) is 5.68. The van der Waals surface area contributed by atoms with Gasteiger partial charge in [-0.1, -0.05) is 5.92 Å². The summed E-state index contributed by atoms with van der Waals surface area (Å²) in [6, 6.07) is 2.21. The van der Waals surface area contributed by atoms with Crippen molar-refractivity contribution in [1.29, 1.82) is 0 Å². The summed E-state index contributed by atoms with van der Waals surface area (Å²) >= 11 is 5.36. The summed E-state index contributed by atoms with van der Waals surface area (Å²) in [7, 11) is 0. The van der Waals surface area contributed by atoms with Crippen LogP contribution in [-0.4, -0.2) is 18.0 Å². The molecule has 2 heterocycles. The van der Waals surface area contributed by atoms with Crippen molar-refractivity contribution in [2.75, 3.05) is 13.1 Å². The third-order valence-electron chi connectivity index (χ3n) is 2.23. The van der Waals surface area contributed by atoms with Crippen molar-refractivity contribution in [1.82, 2.24) is 4.90 Å². The third-order valence-corrected chi connectivity index (χ3v) is 3.97. The standard InChI is InChI=1S/C10H10BrNS/c1-2-4-12-5-3-9-8(7-12)6-10(11)13-9/h1,6H,3-5,7H2. The van der Waals surface area contributed by atoms with E-state index in [1.165, 1.54) is 14.2 Å². The van der Waals surface area contributed by atoms with Gasteiger partial charge in [-0.15, -0.1) is 17.8 Å². The first-order chi connectivity index (χ1) is 6.29. The smallest absolute Gasteiger partial charge is 0.0704 e. The summed E-state index contributed by atoms with van der Waals surface area (Å²) in [4.78, 5) is 3.82. The van der Waals surface area contributed by atoms with Crippen LogP contribution in [0.1, 0.15) is 10.4 Å². The minimum Gasteiger partial charge on any atom is -0.288 e. The highest BCUT2D eigenvalue weighted by atomic mass is 79.9. The van der Waals surface area contributed by atoms with E-state index in [-0.39, 0.29) is 0 Å². The van der Waals surface area contributed by atoms with Crippen molar-refractivity contribution >= 4 is 27.3 Å². The van der Waals surface area contributed by atoms with E-state index in [1.54, 1.807) is 0 Å². The number of fused-ring (bicyclic) bond motifs is 1. The van der Waals surface area contributed by atoms with E-state index in [4.69, 9.17) is 6.42 Å². The lowest BCUT2D eigenvalue weighted by Gasteiger charge is -2.24. The molecule has 0 amide bonds. The molecule has 0 aromatic carbocycles. The number of halogens is 1. The Morgan fingerprint density at radius 1 is 1.69 bits per heavy atom. The number of thiophene rings is 1. The highest BCUT2D eigenvalue weighted by Gasteiger charge is 2.17. The van der Waals surface area contributed by atoms with Crippen molar-refractivity contribution in [3.63, 3.8) is 0 Å². The van der Waals surface area contributed by atoms with Gasteiger partial charge >= 0.3 is 0 Å². The van der Waals surface area contributed by atoms with E-state index >= 15 is 0 Å². The van der Waals surface area contributed by atoms with Gasteiger partial charge in [0.25, 0.3) is 0 Å². The maximum atomic E-state index is 5.29. The zero-order chi connectivity index (χ0) is 9.26. The molecule has 0 atom stereocenters. The zero-order valence-corrected chi connectivity index (χ0v) is 9.62. The molecular formula is C10H10BrNS. The maximum Gasteiger partial charge on any atom is 0.0704 e. The monoisotopic (exact) mass is 255 g/mol. The van der Waals surface area contributed by atoms with Crippen molar-refractivity contribution in [3.05, 3.63) is 20.3 Å². The second-order valence-electron chi connectivity index (χ2n) is 3.16. The van der Waals surface area contributed by atoms with Crippen molar-refractivity contribution in [3.8, 4) is 12.3 Å². The van der Waals surface area contributed by atoms with Crippen LogP contribution in [0, 0.1) is 12.3 Å². The Bertz CT molecular complexity index is 350. The van der Waals surface area contributed by atoms with Crippen LogP contribution >= 0.6 is 27.3 Å². The van der Waals surface area contributed by atoms with Gasteiger partial charge in [-0.2, -0.15) is 0 Å². The Labute approximate surface area is 90.9 Å². The Balaban J connectivity index is 2.15. The molecule has 0 aliphatic carbocycles. The predicted molar refractivity (Wildman–Crippen MR) is 59.8 cm³/mol. The van der Waals surface area contributed by atoms with Crippen molar-refractivity contribution in [2.24, 2.45) is 0 Å². The van der Waals surface area contributed by atoms with Gasteiger partial charge in [0.15, 0.2) is 0 Å². The molecule has 0 saturated carbocycles. The highest BCUT2D eigenvalue weighted by molar-refractivity contribution is 9.11. The first-order valence-electron chi connectivity index (χ1n) is 4.22. The lowest BCUT2D eigenvalue weighted by Crippen LogP contribution is -2.29. The summed E-state index contributed by atoms with van der Waals surface area (Å²) in [5.74, 6) is 2.69. The molecule has 1 nitrogen and oxygen atoms in total. The Kier molecular flexibility index (Phi) is 2.73. The van der Waals surface area contributed by atoms with E-state index in [1.807, 2.05) is 11.3 Å². The fourth-order valence-electron chi connectivity index (χ4n) is 1.62. The van der Waals surface area contributed by atoms with E-state index in [9.17, 15) is 0 Å². The zero-order valence-electron chi connectivity index (χ0n) is 7.22. The number of hydrogen-bond donors (Lipinski definition) is 0. The number of nitrogens with zero attached hydrogens (tertiary/aromatic N) is 1. The number of terminal acetylenes is 1. The van der Waals surface area contributed by atoms with Gasteiger partial charge in [-0.25, -0.2) is 0 Å². The minimum absolute atomic E-state index is 0.771. The van der Waals surface area contributed by atoms with Crippen LogP contribution in [0.15, 0.2) is 9.85 Å². The van der Waals surface area contributed by atoms with Gasteiger partial charge < -0.3 is 0 Å². The van der Waals surface area contributed by atoms with Gasteiger partial charge in [0, 0.05) is 18.0 Å². The molecule has 0 bridgehead atoms. The summed E-state index contributed by atoms with van der Waals surface area (Å²) in [5, 5.41) is 0. The molecule has 68 valence electrons. The van der Waals surface area contributed by atoms with Crippen LogP contribution in [0.25, 0.3) is 0 Å². The molecule has 13 heavy (non-hydrogen) atoms. The van der Waals surface area contributed by atoms with Crippen molar-refractivity contribution < 1.29 is 0 Å². The normalized spacial score (nSPS) is 16.6. The SMILES string of the molecule is C#CCN1CCc2sc(Br)cc2C1. The molecule has 0 spiro atoms. The van der Waals surface area contributed by atoms with Crippen LogP contribution in [-0.2, 0) is 13.0 Å². The topological polar surface area (TPSA) is 3.24 Å². The summed E-state index contributed by atoms with van der Waals surface area (Å²) < 4.78 is 1.24. The van der Waals surface area contributed by atoms with Gasteiger partial charge in [0.1, 0.15) is 0 Å². The van der Waals surface area contributed by atoms with Gasteiger partial charge in [-0.3, -0.25) is 4.90 Å². The molecule has 3 heteroatoms. The minimum atomic E-state index is 0.771. The van der Waals surface area contributed by atoms with Crippen LogP contribution in [0.3, 0.4) is 0 Å². The molecule has 1 aromatic rings. The van der Waals surface area contributed by atoms with Crippen LogP contribution in [0.4, 0.5) is 0 Å². The second kappa shape index (κ2) is 3.83. The third kappa shape index (κ3) is 1.96. The molecule has 1 aliphatic heterocycles. The number of rotatable bonds is 1. The molecule has 0 fully saturated rings. The molecular weight excluding hydrogens is 246 g/mol. The summed E-state index contributed by atoms with van der Waals surface area (Å²) in [6.07, 6.45) is 6.43. The molecule has 2 rings (SSSR count). The largest absolute Gasteiger partial charge is 0.288 e. The Morgan fingerprint density at radius 3 is 3.31 bits per heavy atom. The van der Waals surface area contributed by atoms with Crippen LogP contribution in [0.2, 0.25) is 0 Å². The molecule has 0 radical (unpaired) electrons. The molecule has 0 saturated heterocycles. The average molecular weight is 256 g/mol. The van der Waals surface area contributed by atoms with E-state index in [0.717, 1.165) is 26.1 Å². The van der Waals surface area contributed by atoms with E-state index < -0.39 is 0 Å². The van der Waals surface area contributed by atoms with Gasteiger partial charge in [-0.05, 0) is 34.0 Å². The molecule has 1 aliphatic rings. The van der Waals surface area contributed by atoms with Crippen LogP contribution in [0.5, 0.6) is 0 Å². The maximum absolute atomic E-state index is 5.29. The Morgan fingerprint density at radius 2 is 2.54 bits per heavy atom. The average Bonchev–Trinajstić information content (AvgIpc) is 2.44. The highest BCUT2D eigenvalue weighted by Crippen LogP contribution is 2.31. The van der Waals surface area contributed by atoms with Crippen molar-refractivity contribution in [2.45, 2.75) is 13.0 Å². The van der Waals surface area contributed by atoms with Crippen LogP contribution < -0.4 is 0 Å². The lowest BCUT2D eigenvalue weighted by molar-refractivity contribution is 0.288. The summed E-state index contributed by atoms with van der Waals surface area (Å²) in [6.45, 7) is 2.89. The molecule has 0 unspecified atom stereocenters. The fourth-order valence-corrected chi connectivity index (χ4v) is 3.37. The molecule has 1 aromatic heterocycles. The van der Waals surface area contributed by atoms with Gasteiger partial charge in [0.05, 0.1) is 10.3 Å². The van der Waals surface area contributed by atoms with E-state index in [2.05, 4.69) is 32.8 Å². The fraction of sp³-hybridized carbons (Fsp3) is 0.400. The quantitative estimate of drug-likeness (QED) is 0.698. The first-order valence-corrected chi connectivity index (χ1v) is 5.83. The predicted octanol–water partition coefficient (Wildman–Crippen LogP) is 2.50.